The molecule has 0 spiro atoms. The molecule has 1 atom stereocenters. The second-order valence-electron chi connectivity index (χ2n) is 7.92. The van der Waals surface area contributed by atoms with Gasteiger partial charge in [0, 0.05) is 23.7 Å². The Morgan fingerprint density at radius 3 is 2.18 bits per heavy atom. The predicted molar refractivity (Wildman–Crippen MR) is 118 cm³/mol. The smallest absolute Gasteiger partial charge is 0.0963 e. The van der Waals surface area contributed by atoms with Gasteiger partial charge in [0.1, 0.15) is 0 Å². The van der Waals surface area contributed by atoms with E-state index in [-0.39, 0.29) is 0 Å². The van der Waals surface area contributed by atoms with E-state index >= 15 is 0 Å². The summed E-state index contributed by atoms with van der Waals surface area (Å²) in [6.07, 6.45) is 3.09. The lowest BCUT2D eigenvalue weighted by Gasteiger charge is -2.20. The van der Waals surface area contributed by atoms with Crippen LogP contribution in [0.4, 0.5) is 0 Å². The Morgan fingerprint density at radius 1 is 0.893 bits per heavy atom. The Bertz CT molecular complexity index is 863. The molecule has 0 fully saturated rings. The minimum absolute atomic E-state index is 0.396. The normalized spacial score (nSPS) is 12.7. The molecule has 1 aromatic heterocycles. The van der Waals surface area contributed by atoms with E-state index in [1.165, 1.54) is 16.8 Å². The fourth-order valence-electron chi connectivity index (χ4n) is 3.44. The lowest BCUT2D eigenvalue weighted by atomic mass is 10.0. The summed E-state index contributed by atoms with van der Waals surface area (Å²) in [7, 11) is 8.47. The van der Waals surface area contributed by atoms with Crippen molar-refractivity contribution in [1.82, 2.24) is 19.4 Å². The van der Waals surface area contributed by atoms with Crippen molar-refractivity contribution >= 4 is 0 Å². The van der Waals surface area contributed by atoms with Crippen LogP contribution in [-0.4, -0.2) is 54.1 Å². The largest absolute Gasteiger partial charge is 0.330 e. The number of aromatic nitrogens is 2. The number of hydrogen-bond acceptors (Lipinski definition) is 3. The van der Waals surface area contributed by atoms with E-state index in [1.54, 1.807) is 0 Å². The molecule has 0 amide bonds. The highest BCUT2D eigenvalue weighted by Crippen LogP contribution is 2.32. The Morgan fingerprint density at radius 2 is 1.57 bits per heavy atom. The first-order valence-electron chi connectivity index (χ1n) is 9.99. The zero-order valence-electron chi connectivity index (χ0n) is 17.8. The van der Waals surface area contributed by atoms with Crippen molar-refractivity contribution in [3.05, 3.63) is 66.5 Å². The molecule has 0 aliphatic carbocycles. The highest BCUT2D eigenvalue weighted by atomic mass is 15.1. The third kappa shape index (κ3) is 4.70. The number of benzene rings is 2. The van der Waals surface area contributed by atoms with Gasteiger partial charge in [-0.15, -0.1) is 0 Å². The zero-order chi connectivity index (χ0) is 20.1. The average molecular weight is 377 g/mol. The molecule has 28 heavy (non-hydrogen) atoms. The third-order valence-corrected chi connectivity index (χ3v) is 5.33. The zero-order valence-corrected chi connectivity index (χ0v) is 17.8. The monoisotopic (exact) mass is 376 g/mol. The molecule has 0 unspecified atom stereocenters. The molecule has 0 N–H and O–H groups in total. The third-order valence-electron chi connectivity index (χ3n) is 5.33. The van der Waals surface area contributed by atoms with E-state index < -0.39 is 0 Å². The Balaban J connectivity index is 1.97. The molecule has 0 saturated heterocycles. The molecule has 4 nitrogen and oxygen atoms in total. The summed E-state index contributed by atoms with van der Waals surface area (Å²) in [6.45, 7) is 4.26. The summed E-state index contributed by atoms with van der Waals surface area (Å²) in [5.74, 6) is 0. The summed E-state index contributed by atoms with van der Waals surface area (Å²) in [6, 6.07) is 19.8. The maximum absolute atomic E-state index is 4.79. The van der Waals surface area contributed by atoms with Crippen LogP contribution < -0.4 is 0 Å². The fraction of sp³-hybridized carbons (Fsp3) is 0.375. The van der Waals surface area contributed by atoms with Gasteiger partial charge in [-0.2, -0.15) is 0 Å². The van der Waals surface area contributed by atoms with Crippen molar-refractivity contribution in [3.63, 3.8) is 0 Å². The van der Waals surface area contributed by atoms with Crippen molar-refractivity contribution < 1.29 is 0 Å². The molecular weight excluding hydrogens is 344 g/mol. The maximum Gasteiger partial charge on any atom is 0.0963 e. The van der Waals surface area contributed by atoms with E-state index in [1.807, 2.05) is 6.33 Å². The van der Waals surface area contributed by atoms with Gasteiger partial charge in [0.2, 0.25) is 0 Å². The van der Waals surface area contributed by atoms with Crippen LogP contribution >= 0.6 is 0 Å². The molecule has 1 heterocycles. The maximum atomic E-state index is 4.79. The van der Waals surface area contributed by atoms with Crippen LogP contribution in [0.2, 0.25) is 0 Å². The van der Waals surface area contributed by atoms with E-state index in [2.05, 4.69) is 104 Å². The minimum atomic E-state index is 0.396. The lowest BCUT2D eigenvalue weighted by Crippen LogP contribution is -2.16. The molecule has 0 aliphatic rings. The van der Waals surface area contributed by atoms with Crippen LogP contribution in [-0.2, 0) is 6.54 Å². The van der Waals surface area contributed by atoms with Crippen molar-refractivity contribution in [2.24, 2.45) is 0 Å². The first-order valence-corrected chi connectivity index (χ1v) is 9.99. The van der Waals surface area contributed by atoms with Gasteiger partial charge < -0.3 is 14.4 Å². The van der Waals surface area contributed by atoms with Gasteiger partial charge in [-0.1, -0.05) is 54.6 Å². The summed E-state index contributed by atoms with van der Waals surface area (Å²) in [5.41, 5.74) is 5.96. The summed E-state index contributed by atoms with van der Waals surface area (Å²) < 4.78 is 2.30. The van der Waals surface area contributed by atoms with Gasteiger partial charge in [0.05, 0.1) is 17.7 Å². The number of nitrogens with zero attached hydrogens (tertiary/aromatic N) is 4. The number of aryl methyl sites for hydroxylation is 1. The second-order valence-corrected chi connectivity index (χ2v) is 7.92. The van der Waals surface area contributed by atoms with E-state index in [0.29, 0.717) is 6.04 Å². The molecule has 2 aromatic carbocycles. The van der Waals surface area contributed by atoms with E-state index in [9.17, 15) is 0 Å². The molecule has 3 rings (SSSR count). The Kier molecular flexibility index (Phi) is 6.65. The SMILES string of the molecule is C[C@@H](c1ccc(-c2c(-c3ccccc3)ncn2CCCN(C)C)cc1)N(C)C. The summed E-state index contributed by atoms with van der Waals surface area (Å²) in [4.78, 5) is 9.25. The van der Waals surface area contributed by atoms with Gasteiger partial charge in [0.15, 0.2) is 0 Å². The Labute approximate surface area is 169 Å². The highest BCUT2D eigenvalue weighted by Gasteiger charge is 2.16. The van der Waals surface area contributed by atoms with Crippen LogP contribution in [0.3, 0.4) is 0 Å². The molecular formula is C24H32N4. The molecule has 148 valence electrons. The fourth-order valence-corrected chi connectivity index (χ4v) is 3.44. The molecule has 4 heteroatoms. The standard InChI is InChI=1S/C24H32N4/c1-19(27(4)5)20-12-14-22(15-13-20)24-23(21-10-7-6-8-11-21)25-18-28(24)17-9-16-26(2)3/h6-8,10-15,18-19H,9,16-17H2,1-5H3/t19-/m0/s1. The summed E-state index contributed by atoms with van der Waals surface area (Å²) >= 11 is 0. The first kappa shape index (κ1) is 20.3. The van der Waals surface area contributed by atoms with Gasteiger partial charge in [0.25, 0.3) is 0 Å². The van der Waals surface area contributed by atoms with E-state index in [4.69, 9.17) is 4.98 Å². The van der Waals surface area contributed by atoms with Crippen molar-refractivity contribution in [1.29, 1.82) is 0 Å². The molecule has 0 saturated carbocycles. The predicted octanol–water partition coefficient (Wildman–Crippen LogP) is 4.79. The highest BCUT2D eigenvalue weighted by molar-refractivity contribution is 5.78. The van der Waals surface area contributed by atoms with Crippen LogP contribution in [0.15, 0.2) is 60.9 Å². The molecule has 0 aliphatic heterocycles. The van der Waals surface area contributed by atoms with Gasteiger partial charge in [-0.25, -0.2) is 4.98 Å². The minimum Gasteiger partial charge on any atom is -0.330 e. The van der Waals surface area contributed by atoms with Crippen LogP contribution in [0.25, 0.3) is 22.5 Å². The number of hydrogen-bond donors (Lipinski definition) is 0. The van der Waals surface area contributed by atoms with Crippen molar-refractivity contribution in [2.45, 2.75) is 25.9 Å². The van der Waals surface area contributed by atoms with Crippen LogP contribution in [0, 0.1) is 0 Å². The van der Waals surface area contributed by atoms with Crippen LogP contribution in [0.5, 0.6) is 0 Å². The Hall–Kier alpha value is -2.43. The first-order chi connectivity index (χ1) is 13.5. The lowest BCUT2D eigenvalue weighted by molar-refractivity contribution is 0.321. The second kappa shape index (κ2) is 9.18. The molecule has 3 aromatic rings. The number of rotatable bonds is 8. The van der Waals surface area contributed by atoms with Crippen LogP contribution in [0.1, 0.15) is 24.9 Å². The van der Waals surface area contributed by atoms with E-state index in [0.717, 1.165) is 30.8 Å². The quantitative estimate of drug-likeness (QED) is 0.565. The summed E-state index contributed by atoms with van der Waals surface area (Å²) in [5, 5.41) is 0. The van der Waals surface area contributed by atoms with Gasteiger partial charge in [-0.05, 0) is 53.6 Å². The molecule has 0 bridgehead atoms. The number of imidazole rings is 1. The molecule has 0 radical (unpaired) electrons. The van der Waals surface area contributed by atoms with Gasteiger partial charge in [-0.3, -0.25) is 0 Å². The van der Waals surface area contributed by atoms with Crippen molar-refractivity contribution in [2.75, 3.05) is 34.7 Å². The average Bonchev–Trinajstić information content (AvgIpc) is 3.11. The topological polar surface area (TPSA) is 24.3 Å². The van der Waals surface area contributed by atoms with Crippen molar-refractivity contribution in [3.8, 4) is 22.5 Å². The van der Waals surface area contributed by atoms with Gasteiger partial charge >= 0.3 is 0 Å².